The second kappa shape index (κ2) is 4.36. The quantitative estimate of drug-likeness (QED) is 0.560. The molecule has 0 heterocycles. The molecule has 0 amide bonds. The maximum atomic E-state index is 10.6. The van der Waals surface area contributed by atoms with E-state index in [9.17, 15) is 4.79 Å². The van der Waals surface area contributed by atoms with Crippen molar-refractivity contribution >= 4 is 40.8 Å². The van der Waals surface area contributed by atoms with Gasteiger partial charge >= 0.3 is 5.97 Å². The summed E-state index contributed by atoms with van der Waals surface area (Å²) < 4.78 is 2.23. The molecule has 0 aromatic carbocycles. The second-order valence-electron chi connectivity index (χ2n) is 1.75. The fourth-order valence-corrected chi connectivity index (χ4v) is 0.417. The molecule has 0 aliphatic rings. The van der Waals surface area contributed by atoms with Crippen LogP contribution in [0, 0.1) is 6.92 Å². The molecule has 0 aliphatic carbocycles. The lowest BCUT2D eigenvalue weighted by molar-refractivity contribution is -0.144. The molecule has 0 saturated heterocycles. The Balaban J connectivity index is 3.71. The predicted molar refractivity (Wildman–Crippen MR) is 42.6 cm³/mol. The summed E-state index contributed by atoms with van der Waals surface area (Å²) in [4.78, 5) is 10.6. The minimum Gasteiger partial charge on any atom is -0.460 e. The molecule has 1 N–H and O–H groups in total. The van der Waals surface area contributed by atoms with Crippen molar-refractivity contribution in [3.8, 4) is 0 Å². The maximum absolute atomic E-state index is 10.6. The first-order chi connectivity index (χ1) is 4.84. The summed E-state index contributed by atoms with van der Waals surface area (Å²) >= 11 is 15.4. The fraction of sp³-hybridized carbons (Fsp3) is 0.600. The van der Waals surface area contributed by atoms with Crippen LogP contribution >= 0.6 is 34.8 Å². The Hall–Kier alpha value is 0.300. The number of carbonyl (C=O) groups is 1. The van der Waals surface area contributed by atoms with Crippen LogP contribution in [0.3, 0.4) is 0 Å². The highest BCUT2D eigenvalue weighted by Crippen LogP contribution is 2.27. The number of esters is 1. The molecule has 6 heteroatoms. The van der Waals surface area contributed by atoms with Crippen LogP contribution < -0.4 is 0 Å². The molecule has 65 valence electrons. The molecule has 1 radical (unpaired) electrons. The molecular weight excluding hydrogens is 214 g/mol. The third-order valence-corrected chi connectivity index (χ3v) is 1.10. The Kier molecular flexibility index (Phi) is 4.48. The van der Waals surface area contributed by atoms with E-state index in [1.54, 1.807) is 0 Å². The number of ether oxygens (including phenoxy) is 1. The molecule has 0 aliphatic heterocycles. The van der Waals surface area contributed by atoms with Crippen LogP contribution in [0.2, 0.25) is 0 Å². The molecule has 0 aromatic heterocycles. The Labute approximate surface area is 79.2 Å². The SMILES string of the molecule is [CH2]C(O)COC(=O)C(Cl)(Cl)Cl. The number of hydrogen-bond donors (Lipinski definition) is 1. The van der Waals surface area contributed by atoms with Gasteiger partial charge in [-0.2, -0.15) is 0 Å². The van der Waals surface area contributed by atoms with Crippen molar-refractivity contribution in [3.05, 3.63) is 6.92 Å². The maximum Gasteiger partial charge on any atom is 0.358 e. The number of alkyl halides is 3. The number of aliphatic hydroxyl groups is 1. The molecule has 0 saturated carbocycles. The van der Waals surface area contributed by atoms with Crippen LogP contribution in [-0.2, 0) is 9.53 Å². The molecule has 0 spiro atoms. The zero-order chi connectivity index (χ0) is 9.07. The molecule has 11 heavy (non-hydrogen) atoms. The van der Waals surface area contributed by atoms with E-state index in [-0.39, 0.29) is 6.61 Å². The van der Waals surface area contributed by atoms with Crippen LogP contribution in [0.5, 0.6) is 0 Å². The normalized spacial score (nSPS) is 14.3. The van der Waals surface area contributed by atoms with Crippen LogP contribution in [0.15, 0.2) is 0 Å². The van der Waals surface area contributed by atoms with E-state index in [4.69, 9.17) is 39.9 Å². The minimum atomic E-state index is -2.09. The van der Waals surface area contributed by atoms with Gasteiger partial charge in [-0.3, -0.25) is 0 Å². The standard InChI is InChI=1S/C5H6Cl3O3/c1-3(9)2-11-4(10)5(6,7)8/h3,9H,1-2H2. The van der Waals surface area contributed by atoms with Crippen molar-refractivity contribution in [2.45, 2.75) is 9.90 Å². The summed E-state index contributed by atoms with van der Waals surface area (Å²) in [6.45, 7) is 2.86. The van der Waals surface area contributed by atoms with Gasteiger partial charge in [-0.05, 0) is 6.92 Å². The largest absolute Gasteiger partial charge is 0.460 e. The topological polar surface area (TPSA) is 46.5 Å². The first-order valence-electron chi connectivity index (χ1n) is 2.59. The lowest BCUT2D eigenvalue weighted by Crippen LogP contribution is -2.25. The highest BCUT2D eigenvalue weighted by molar-refractivity contribution is 6.75. The van der Waals surface area contributed by atoms with E-state index in [0.717, 1.165) is 0 Å². The van der Waals surface area contributed by atoms with E-state index < -0.39 is 15.9 Å². The summed E-state index contributed by atoms with van der Waals surface area (Å²) in [7, 11) is 0. The highest BCUT2D eigenvalue weighted by atomic mass is 35.6. The number of aliphatic hydroxyl groups excluding tert-OH is 1. The number of hydrogen-bond acceptors (Lipinski definition) is 3. The Morgan fingerprint density at radius 3 is 2.36 bits per heavy atom. The van der Waals surface area contributed by atoms with E-state index >= 15 is 0 Å². The van der Waals surface area contributed by atoms with Gasteiger partial charge in [-0.25, -0.2) is 4.79 Å². The molecule has 0 rings (SSSR count). The van der Waals surface area contributed by atoms with Crippen molar-refractivity contribution < 1.29 is 14.6 Å². The predicted octanol–water partition coefficient (Wildman–Crippen LogP) is 1.09. The third-order valence-electron chi connectivity index (χ3n) is 0.638. The van der Waals surface area contributed by atoms with Crippen LogP contribution in [0.1, 0.15) is 0 Å². The average Bonchev–Trinajstić information content (AvgIpc) is 1.80. The first-order valence-corrected chi connectivity index (χ1v) is 3.72. The van der Waals surface area contributed by atoms with Gasteiger partial charge in [0.15, 0.2) is 0 Å². The monoisotopic (exact) mass is 219 g/mol. The smallest absolute Gasteiger partial charge is 0.358 e. The van der Waals surface area contributed by atoms with Crippen molar-refractivity contribution in [2.75, 3.05) is 6.61 Å². The molecule has 1 unspecified atom stereocenters. The number of rotatable bonds is 2. The molecule has 1 atom stereocenters. The van der Waals surface area contributed by atoms with Gasteiger partial charge in [0.05, 0.1) is 6.10 Å². The lowest BCUT2D eigenvalue weighted by Gasteiger charge is -2.11. The van der Waals surface area contributed by atoms with Crippen LogP contribution in [0.4, 0.5) is 0 Å². The summed E-state index contributed by atoms with van der Waals surface area (Å²) in [5.41, 5.74) is 0. The van der Waals surface area contributed by atoms with Crippen LogP contribution in [0.25, 0.3) is 0 Å². The van der Waals surface area contributed by atoms with E-state index in [0.29, 0.717) is 0 Å². The molecule has 0 bridgehead atoms. The van der Waals surface area contributed by atoms with E-state index in [1.807, 2.05) is 0 Å². The van der Waals surface area contributed by atoms with Crippen molar-refractivity contribution in [2.24, 2.45) is 0 Å². The molecule has 0 aromatic rings. The summed E-state index contributed by atoms with van der Waals surface area (Å²) in [5, 5.41) is 8.55. The Morgan fingerprint density at radius 2 is 2.09 bits per heavy atom. The zero-order valence-corrected chi connectivity index (χ0v) is 7.66. The average molecular weight is 220 g/mol. The highest BCUT2D eigenvalue weighted by Gasteiger charge is 2.32. The van der Waals surface area contributed by atoms with E-state index in [1.165, 1.54) is 0 Å². The van der Waals surface area contributed by atoms with Gasteiger partial charge in [0, 0.05) is 0 Å². The molecule has 0 fully saturated rings. The fourth-order valence-electron chi connectivity index (χ4n) is 0.254. The number of carbonyl (C=O) groups excluding carboxylic acids is 1. The minimum absolute atomic E-state index is 0.285. The van der Waals surface area contributed by atoms with E-state index in [2.05, 4.69) is 11.7 Å². The summed E-state index contributed by atoms with van der Waals surface area (Å²) in [6, 6.07) is 0. The van der Waals surface area contributed by atoms with Crippen molar-refractivity contribution in [3.63, 3.8) is 0 Å². The Morgan fingerprint density at radius 1 is 1.64 bits per heavy atom. The zero-order valence-electron chi connectivity index (χ0n) is 5.39. The lowest BCUT2D eigenvalue weighted by atomic mass is 10.4. The van der Waals surface area contributed by atoms with Crippen molar-refractivity contribution in [1.29, 1.82) is 0 Å². The van der Waals surface area contributed by atoms with Gasteiger partial charge in [0.25, 0.3) is 3.79 Å². The summed E-state index contributed by atoms with van der Waals surface area (Å²) in [6.07, 6.45) is -1.01. The first kappa shape index (κ1) is 11.3. The van der Waals surface area contributed by atoms with Gasteiger partial charge in [-0.1, -0.05) is 34.8 Å². The van der Waals surface area contributed by atoms with Crippen molar-refractivity contribution in [1.82, 2.24) is 0 Å². The van der Waals surface area contributed by atoms with Crippen LogP contribution in [-0.4, -0.2) is 27.6 Å². The van der Waals surface area contributed by atoms with Gasteiger partial charge in [-0.15, -0.1) is 0 Å². The number of halogens is 3. The van der Waals surface area contributed by atoms with Gasteiger partial charge in [0.1, 0.15) is 6.61 Å². The van der Waals surface area contributed by atoms with Gasteiger partial charge < -0.3 is 9.84 Å². The third kappa shape index (κ3) is 5.56. The van der Waals surface area contributed by atoms with Gasteiger partial charge in [0.2, 0.25) is 0 Å². The molecule has 3 nitrogen and oxygen atoms in total. The Bertz CT molecular complexity index is 140. The molecular formula is C5H6Cl3O3. The summed E-state index contributed by atoms with van der Waals surface area (Å²) in [5.74, 6) is -1.02. The second-order valence-corrected chi connectivity index (χ2v) is 4.03.